The summed E-state index contributed by atoms with van der Waals surface area (Å²) in [5, 5.41) is 8.86. The van der Waals surface area contributed by atoms with Crippen LogP contribution in [0.15, 0.2) is 18.2 Å². The molecule has 0 saturated heterocycles. The average molecular weight is 230 g/mol. The molecule has 90 valence electrons. The third kappa shape index (κ3) is 2.40. The smallest absolute Gasteiger partial charge is 0.142 e. The summed E-state index contributed by atoms with van der Waals surface area (Å²) in [7, 11) is 2.04. The molecule has 1 aliphatic carbocycles. The van der Waals surface area contributed by atoms with Gasteiger partial charge in [0.15, 0.2) is 0 Å². The lowest BCUT2D eigenvalue weighted by Crippen LogP contribution is -2.38. The first kappa shape index (κ1) is 11.9. The maximum atomic E-state index is 8.86. The molecule has 0 amide bonds. The second-order valence-corrected chi connectivity index (χ2v) is 4.60. The number of hydrogen-bond donors (Lipinski definition) is 1. The van der Waals surface area contributed by atoms with Gasteiger partial charge < -0.3 is 10.6 Å². The van der Waals surface area contributed by atoms with E-state index in [4.69, 9.17) is 11.0 Å². The van der Waals surface area contributed by atoms with E-state index in [1.165, 1.54) is 12.8 Å². The van der Waals surface area contributed by atoms with Crippen molar-refractivity contribution < 1.29 is 0 Å². The Labute approximate surface area is 102 Å². The van der Waals surface area contributed by atoms with Gasteiger partial charge in [-0.05, 0) is 37.4 Å². The SMILES string of the molecule is CN(c1cccc(C#N)n1)C1CCCC1CN. The van der Waals surface area contributed by atoms with Gasteiger partial charge in [-0.2, -0.15) is 5.26 Å². The van der Waals surface area contributed by atoms with Crippen LogP contribution in [0.25, 0.3) is 0 Å². The number of nitriles is 1. The van der Waals surface area contributed by atoms with Gasteiger partial charge in [0.05, 0.1) is 0 Å². The minimum Gasteiger partial charge on any atom is -0.356 e. The Morgan fingerprint density at radius 1 is 1.53 bits per heavy atom. The summed E-state index contributed by atoms with van der Waals surface area (Å²) in [4.78, 5) is 6.50. The zero-order valence-corrected chi connectivity index (χ0v) is 10.1. The van der Waals surface area contributed by atoms with E-state index in [-0.39, 0.29) is 0 Å². The molecule has 2 unspecified atom stereocenters. The van der Waals surface area contributed by atoms with Crippen LogP contribution in [0.2, 0.25) is 0 Å². The molecule has 1 heterocycles. The van der Waals surface area contributed by atoms with Gasteiger partial charge in [0.1, 0.15) is 17.6 Å². The number of nitrogens with zero attached hydrogens (tertiary/aromatic N) is 3. The molecule has 0 aromatic carbocycles. The molecule has 0 bridgehead atoms. The first-order valence-corrected chi connectivity index (χ1v) is 6.06. The molecular weight excluding hydrogens is 212 g/mol. The van der Waals surface area contributed by atoms with Crippen molar-refractivity contribution in [3.63, 3.8) is 0 Å². The largest absolute Gasteiger partial charge is 0.356 e. The van der Waals surface area contributed by atoms with E-state index >= 15 is 0 Å². The third-order valence-electron chi connectivity index (χ3n) is 3.63. The van der Waals surface area contributed by atoms with Gasteiger partial charge in [-0.1, -0.05) is 12.5 Å². The molecule has 2 atom stereocenters. The summed E-state index contributed by atoms with van der Waals surface area (Å²) in [5.74, 6) is 1.42. The molecule has 1 aliphatic rings. The topological polar surface area (TPSA) is 65.9 Å². The molecule has 0 spiro atoms. The van der Waals surface area contributed by atoms with Crippen LogP contribution in [-0.2, 0) is 0 Å². The van der Waals surface area contributed by atoms with Crippen molar-refractivity contribution in [3.8, 4) is 6.07 Å². The fourth-order valence-electron chi connectivity index (χ4n) is 2.65. The van der Waals surface area contributed by atoms with Gasteiger partial charge in [-0.15, -0.1) is 0 Å². The summed E-state index contributed by atoms with van der Waals surface area (Å²) < 4.78 is 0. The highest BCUT2D eigenvalue weighted by atomic mass is 15.2. The van der Waals surface area contributed by atoms with Gasteiger partial charge in [0, 0.05) is 13.1 Å². The van der Waals surface area contributed by atoms with Crippen molar-refractivity contribution in [2.45, 2.75) is 25.3 Å². The van der Waals surface area contributed by atoms with Crippen LogP contribution in [0.5, 0.6) is 0 Å². The number of rotatable bonds is 3. The quantitative estimate of drug-likeness (QED) is 0.855. The maximum absolute atomic E-state index is 8.86. The van der Waals surface area contributed by atoms with Gasteiger partial charge in [-0.25, -0.2) is 4.98 Å². The molecule has 0 radical (unpaired) electrons. The van der Waals surface area contributed by atoms with Gasteiger partial charge in [0.25, 0.3) is 0 Å². The van der Waals surface area contributed by atoms with E-state index in [2.05, 4.69) is 16.0 Å². The summed E-state index contributed by atoms with van der Waals surface area (Å²) in [6, 6.07) is 8.09. The summed E-state index contributed by atoms with van der Waals surface area (Å²) in [6.07, 6.45) is 3.59. The van der Waals surface area contributed by atoms with Crippen molar-refractivity contribution in [1.82, 2.24) is 4.98 Å². The van der Waals surface area contributed by atoms with Gasteiger partial charge in [-0.3, -0.25) is 0 Å². The predicted molar refractivity (Wildman–Crippen MR) is 67.5 cm³/mol. The fourth-order valence-corrected chi connectivity index (χ4v) is 2.65. The molecular formula is C13H18N4. The Morgan fingerprint density at radius 3 is 3.06 bits per heavy atom. The second-order valence-electron chi connectivity index (χ2n) is 4.60. The Morgan fingerprint density at radius 2 is 2.35 bits per heavy atom. The summed E-state index contributed by atoms with van der Waals surface area (Å²) in [5.41, 5.74) is 6.27. The van der Waals surface area contributed by atoms with E-state index in [0.29, 0.717) is 17.7 Å². The molecule has 1 aromatic rings. The molecule has 4 nitrogen and oxygen atoms in total. The Hall–Kier alpha value is -1.60. The number of aromatic nitrogens is 1. The van der Waals surface area contributed by atoms with Crippen LogP contribution < -0.4 is 10.6 Å². The highest BCUT2D eigenvalue weighted by Gasteiger charge is 2.29. The lowest BCUT2D eigenvalue weighted by atomic mass is 10.0. The normalized spacial score (nSPS) is 23.4. The Bertz CT molecular complexity index is 424. The van der Waals surface area contributed by atoms with Crippen LogP contribution in [0.1, 0.15) is 25.0 Å². The molecule has 4 heteroatoms. The standard InChI is InChI=1S/C13H18N4/c1-17(12-6-2-4-10(12)8-14)13-7-3-5-11(9-15)16-13/h3,5,7,10,12H,2,4,6,8,14H2,1H3. The lowest BCUT2D eigenvalue weighted by Gasteiger charge is -2.30. The number of hydrogen-bond acceptors (Lipinski definition) is 4. The van der Waals surface area contributed by atoms with Crippen LogP contribution >= 0.6 is 0 Å². The molecule has 17 heavy (non-hydrogen) atoms. The van der Waals surface area contributed by atoms with Gasteiger partial charge in [0.2, 0.25) is 0 Å². The fraction of sp³-hybridized carbons (Fsp3) is 0.538. The molecule has 1 aromatic heterocycles. The second kappa shape index (κ2) is 5.15. The number of pyridine rings is 1. The molecule has 2 rings (SSSR count). The Kier molecular flexibility index (Phi) is 3.60. The zero-order chi connectivity index (χ0) is 12.3. The molecule has 0 aliphatic heterocycles. The van der Waals surface area contributed by atoms with Crippen molar-refractivity contribution in [3.05, 3.63) is 23.9 Å². The van der Waals surface area contributed by atoms with Crippen LogP contribution in [0, 0.1) is 17.2 Å². The minimum absolute atomic E-state index is 0.460. The van der Waals surface area contributed by atoms with Gasteiger partial charge >= 0.3 is 0 Å². The van der Waals surface area contributed by atoms with Crippen molar-refractivity contribution in [2.75, 3.05) is 18.5 Å². The molecule has 1 fully saturated rings. The van der Waals surface area contributed by atoms with E-state index in [1.54, 1.807) is 6.07 Å². The Balaban J connectivity index is 2.18. The summed E-state index contributed by atoms with van der Waals surface area (Å²) in [6.45, 7) is 0.729. The third-order valence-corrected chi connectivity index (χ3v) is 3.63. The van der Waals surface area contributed by atoms with E-state index in [9.17, 15) is 0 Å². The summed E-state index contributed by atoms with van der Waals surface area (Å²) >= 11 is 0. The number of nitrogens with two attached hydrogens (primary N) is 1. The lowest BCUT2D eigenvalue weighted by molar-refractivity contribution is 0.472. The van der Waals surface area contributed by atoms with E-state index in [1.807, 2.05) is 19.2 Å². The maximum Gasteiger partial charge on any atom is 0.142 e. The first-order valence-electron chi connectivity index (χ1n) is 6.06. The first-order chi connectivity index (χ1) is 8.26. The molecule has 1 saturated carbocycles. The van der Waals surface area contributed by atoms with Crippen LogP contribution in [0.4, 0.5) is 5.82 Å². The average Bonchev–Trinajstić information content (AvgIpc) is 2.86. The van der Waals surface area contributed by atoms with Crippen molar-refractivity contribution in [2.24, 2.45) is 11.7 Å². The van der Waals surface area contributed by atoms with Crippen molar-refractivity contribution in [1.29, 1.82) is 5.26 Å². The zero-order valence-electron chi connectivity index (χ0n) is 10.1. The minimum atomic E-state index is 0.460. The van der Waals surface area contributed by atoms with E-state index < -0.39 is 0 Å². The van der Waals surface area contributed by atoms with Crippen molar-refractivity contribution >= 4 is 5.82 Å². The van der Waals surface area contributed by atoms with Crippen LogP contribution in [-0.4, -0.2) is 24.6 Å². The molecule has 2 N–H and O–H groups in total. The predicted octanol–water partition coefficient (Wildman–Crippen LogP) is 1.52. The van der Waals surface area contributed by atoms with E-state index in [0.717, 1.165) is 18.8 Å². The highest BCUT2D eigenvalue weighted by Crippen LogP contribution is 2.30. The number of anilines is 1. The monoisotopic (exact) mass is 230 g/mol. The highest BCUT2D eigenvalue weighted by molar-refractivity contribution is 5.42. The van der Waals surface area contributed by atoms with Crippen LogP contribution in [0.3, 0.4) is 0 Å².